The van der Waals surface area contributed by atoms with Gasteiger partial charge in [-0.25, -0.2) is 0 Å². The van der Waals surface area contributed by atoms with Crippen LogP contribution in [0.5, 0.6) is 11.5 Å². The zero-order valence-electron chi connectivity index (χ0n) is 12.1. The van der Waals surface area contributed by atoms with Crippen LogP contribution in [0.15, 0.2) is 18.2 Å². The number of carboxylic acids is 1. The first kappa shape index (κ1) is 14.7. The van der Waals surface area contributed by atoms with E-state index in [0.717, 1.165) is 37.7 Å². The summed E-state index contributed by atoms with van der Waals surface area (Å²) < 4.78 is 10.6. The fraction of sp³-hybridized carbons (Fsp3) is 0.562. The van der Waals surface area contributed by atoms with Gasteiger partial charge in [0.2, 0.25) is 0 Å². The minimum absolute atomic E-state index is 0.0646. The lowest BCUT2D eigenvalue weighted by Crippen LogP contribution is -2.21. The molecule has 1 saturated carbocycles. The molecule has 2 rings (SSSR count). The molecule has 20 heavy (non-hydrogen) atoms. The minimum Gasteiger partial charge on any atom is -0.493 e. The first-order chi connectivity index (χ1) is 9.67. The molecular weight excluding hydrogens is 256 g/mol. The second-order valence-electron chi connectivity index (χ2n) is 5.30. The van der Waals surface area contributed by atoms with Crippen LogP contribution in [0.25, 0.3) is 0 Å². The third-order valence-electron chi connectivity index (χ3n) is 4.17. The SMILES string of the molecule is COc1ccc(C2CCCCCC2C(=O)O)cc1OC. The predicted octanol–water partition coefficient (Wildman–Crippen LogP) is 3.45. The van der Waals surface area contributed by atoms with Gasteiger partial charge in [-0.05, 0) is 36.5 Å². The summed E-state index contributed by atoms with van der Waals surface area (Å²) in [7, 11) is 3.20. The van der Waals surface area contributed by atoms with Crippen molar-refractivity contribution in [3.05, 3.63) is 23.8 Å². The fourth-order valence-corrected chi connectivity index (χ4v) is 3.09. The number of benzene rings is 1. The van der Waals surface area contributed by atoms with E-state index in [1.54, 1.807) is 14.2 Å². The van der Waals surface area contributed by atoms with E-state index in [9.17, 15) is 9.90 Å². The summed E-state index contributed by atoms with van der Waals surface area (Å²) in [6.45, 7) is 0. The summed E-state index contributed by atoms with van der Waals surface area (Å²) in [6.07, 6.45) is 4.89. The first-order valence-electron chi connectivity index (χ1n) is 7.12. The maximum atomic E-state index is 11.5. The van der Waals surface area contributed by atoms with Crippen LogP contribution in [0, 0.1) is 5.92 Å². The Morgan fingerprint density at radius 1 is 1.10 bits per heavy atom. The molecule has 2 unspecified atom stereocenters. The van der Waals surface area contributed by atoms with Gasteiger partial charge in [-0.1, -0.05) is 25.3 Å². The zero-order valence-corrected chi connectivity index (χ0v) is 12.1. The van der Waals surface area contributed by atoms with Crippen LogP contribution in [0.3, 0.4) is 0 Å². The van der Waals surface area contributed by atoms with Crippen molar-refractivity contribution in [2.75, 3.05) is 14.2 Å². The molecule has 1 N–H and O–H groups in total. The van der Waals surface area contributed by atoms with Gasteiger partial charge in [-0.15, -0.1) is 0 Å². The number of rotatable bonds is 4. The smallest absolute Gasteiger partial charge is 0.307 e. The Morgan fingerprint density at radius 2 is 1.80 bits per heavy atom. The van der Waals surface area contributed by atoms with Crippen molar-refractivity contribution < 1.29 is 19.4 Å². The third-order valence-corrected chi connectivity index (χ3v) is 4.17. The van der Waals surface area contributed by atoms with Crippen molar-refractivity contribution >= 4 is 5.97 Å². The Morgan fingerprint density at radius 3 is 2.45 bits per heavy atom. The summed E-state index contributed by atoms with van der Waals surface area (Å²) in [5, 5.41) is 9.47. The molecular formula is C16H22O4. The highest BCUT2D eigenvalue weighted by Gasteiger charge is 2.31. The van der Waals surface area contributed by atoms with Gasteiger partial charge in [0.05, 0.1) is 20.1 Å². The topological polar surface area (TPSA) is 55.8 Å². The largest absolute Gasteiger partial charge is 0.493 e. The molecule has 0 amide bonds. The highest BCUT2D eigenvalue weighted by atomic mass is 16.5. The maximum Gasteiger partial charge on any atom is 0.307 e. The van der Waals surface area contributed by atoms with Crippen LogP contribution >= 0.6 is 0 Å². The van der Waals surface area contributed by atoms with E-state index in [1.807, 2.05) is 18.2 Å². The summed E-state index contributed by atoms with van der Waals surface area (Å²) in [5.74, 6) is 0.423. The van der Waals surface area contributed by atoms with E-state index >= 15 is 0 Å². The van der Waals surface area contributed by atoms with Crippen molar-refractivity contribution in [3.63, 3.8) is 0 Å². The van der Waals surface area contributed by atoms with Gasteiger partial charge in [0.15, 0.2) is 11.5 Å². The maximum absolute atomic E-state index is 11.5. The van der Waals surface area contributed by atoms with E-state index in [0.29, 0.717) is 11.5 Å². The number of hydrogen-bond acceptors (Lipinski definition) is 3. The molecule has 4 nitrogen and oxygen atoms in total. The van der Waals surface area contributed by atoms with Crippen LogP contribution in [0.1, 0.15) is 43.6 Å². The van der Waals surface area contributed by atoms with E-state index in [4.69, 9.17) is 9.47 Å². The zero-order chi connectivity index (χ0) is 14.5. The summed E-state index contributed by atoms with van der Waals surface area (Å²) in [6, 6.07) is 5.75. The molecule has 1 aromatic rings. The van der Waals surface area contributed by atoms with Gasteiger partial charge >= 0.3 is 5.97 Å². The van der Waals surface area contributed by atoms with Crippen LogP contribution < -0.4 is 9.47 Å². The second kappa shape index (κ2) is 6.64. The minimum atomic E-state index is -0.688. The highest BCUT2D eigenvalue weighted by Crippen LogP contribution is 2.39. The van der Waals surface area contributed by atoms with Crippen molar-refractivity contribution in [1.29, 1.82) is 0 Å². The Balaban J connectivity index is 2.33. The van der Waals surface area contributed by atoms with E-state index in [-0.39, 0.29) is 11.8 Å². The van der Waals surface area contributed by atoms with Crippen molar-refractivity contribution in [3.8, 4) is 11.5 Å². The monoisotopic (exact) mass is 278 g/mol. The molecule has 110 valence electrons. The van der Waals surface area contributed by atoms with Gasteiger partial charge in [0, 0.05) is 0 Å². The summed E-state index contributed by atoms with van der Waals surface area (Å²) in [4.78, 5) is 11.5. The van der Waals surface area contributed by atoms with Crippen LogP contribution in [0.4, 0.5) is 0 Å². The Kier molecular flexibility index (Phi) is 4.88. The molecule has 2 atom stereocenters. The molecule has 0 aromatic heterocycles. The fourth-order valence-electron chi connectivity index (χ4n) is 3.09. The lowest BCUT2D eigenvalue weighted by molar-refractivity contribution is -0.142. The summed E-state index contributed by atoms with van der Waals surface area (Å²) in [5.41, 5.74) is 1.04. The van der Waals surface area contributed by atoms with Gasteiger partial charge in [0.1, 0.15) is 0 Å². The second-order valence-corrected chi connectivity index (χ2v) is 5.30. The quantitative estimate of drug-likeness (QED) is 0.857. The molecule has 0 spiro atoms. The first-order valence-corrected chi connectivity index (χ1v) is 7.12. The molecule has 0 heterocycles. The molecule has 4 heteroatoms. The standard InChI is InChI=1S/C16H22O4/c1-19-14-9-8-11(10-15(14)20-2)12-6-4-3-5-7-13(12)16(17)18/h8-10,12-13H,3-7H2,1-2H3,(H,17,18). The number of aliphatic carboxylic acids is 1. The van der Waals surface area contributed by atoms with Gasteiger partial charge in [0.25, 0.3) is 0 Å². The Bertz CT molecular complexity index is 470. The van der Waals surface area contributed by atoms with Crippen molar-refractivity contribution in [1.82, 2.24) is 0 Å². The average molecular weight is 278 g/mol. The molecule has 0 saturated heterocycles. The Labute approximate surface area is 119 Å². The van der Waals surface area contributed by atoms with Crippen LogP contribution in [-0.4, -0.2) is 25.3 Å². The highest BCUT2D eigenvalue weighted by molar-refractivity contribution is 5.71. The summed E-state index contributed by atoms with van der Waals surface area (Å²) >= 11 is 0. The normalized spacial score (nSPS) is 22.9. The molecule has 1 aliphatic carbocycles. The number of methoxy groups -OCH3 is 2. The van der Waals surface area contributed by atoms with Gasteiger partial charge in [-0.3, -0.25) is 4.79 Å². The molecule has 1 aliphatic rings. The predicted molar refractivity (Wildman–Crippen MR) is 76.5 cm³/mol. The number of carbonyl (C=O) groups is 1. The van der Waals surface area contributed by atoms with Crippen LogP contribution in [0.2, 0.25) is 0 Å². The van der Waals surface area contributed by atoms with E-state index in [2.05, 4.69) is 0 Å². The van der Waals surface area contributed by atoms with Crippen molar-refractivity contribution in [2.45, 2.75) is 38.0 Å². The number of hydrogen-bond donors (Lipinski definition) is 1. The van der Waals surface area contributed by atoms with Crippen LogP contribution in [-0.2, 0) is 4.79 Å². The number of ether oxygens (including phenoxy) is 2. The van der Waals surface area contributed by atoms with Gasteiger partial charge in [-0.2, -0.15) is 0 Å². The lowest BCUT2D eigenvalue weighted by Gasteiger charge is -2.23. The van der Waals surface area contributed by atoms with E-state index in [1.165, 1.54) is 0 Å². The third kappa shape index (κ3) is 3.06. The average Bonchev–Trinajstić information content (AvgIpc) is 2.72. The lowest BCUT2D eigenvalue weighted by atomic mass is 9.82. The van der Waals surface area contributed by atoms with Crippen molar-refractivity contribution in [2.24, 2.45) is 5.92 Å². The Hall–Kier alpha value is -1.71. The van der Waals surface area contributed by atoms with Gasteiger partial charge < -0.3 is 14.6 Å². The molecule has 1 fully saturated rings. The number of carboxylic acid groups (broad SMARTS) is 1. The molecule has 1 aromatic carbocycles. The molecule has 0 aliphatic heterocycles. The molecule has 0 radical (unpaired) electrons. The molecule has 0 bridgehead atoms. The van der Waals surface area contributed by atoms with E-state index < -0.39 is 5.97 Å².